The van der Waals surface area contributed by atoms with Crippen molar-refractivity contribution in [1.29, 1.82) is 0 Å². The predicted octanol–water partition coefficient (Wildman–Crippen LogP) is 4.96. The summed E-state index contributed by atoms with van der Waals surface area (Å²) in [6, 6.07) is 29.7. The molecule has 4 rings (SSSR count). The molecular formula is C30H33N2O7P. The second kappa shape index (κ2) is 14.6. The van der Waals surface area contributed by atoms with Gasteiger partial charge in [0.2, 0.25) is 0 Å². The van der Waals surface area contributed by atoms with Gasteiger partial charge in [-0.05, 0) is 23.6 Å². The number of hydrogen-bond acceptors (Lipinski definition) is 7. The van der Waals surface area contributed by atoms with Crippen molar-refractivity contribution >= 4 is 7.60 Å². The van der Waals surface area contributed by atoms with Gasteiger partial charge in [-0.15, -0.1) is 4.73 Å². The third-order valence-electron chi connectivity index (χ3n) is 6.15. The molecule has 1 N–H and O–H groups in total. The van der Waals surface area contributed by atoms with Crippen LogP contribution in [0.1, 0.15) is 30.0 Å². The molecule has 0 spiro atoms. The highest BCUT2D eigenvalue weighted by atomic mass is 31.2. The highest BCUT2D eigenvalue weighted by Gasteiger charge is 2.30. The largest absolute Gasteiger partial charge is 0.404 e. The van der Waals surface area contributed by atoms with Crippen LogP contribution in [0.5, 0.6) is 0 Å². The fraction of sp³-hybridized carbons (Fsp3) is 0.267. The monoisotopic (exact) mass is 564 g/mol. The minimum Gasteiger partial charge on any atom is -0.404 e. The van der Waals surface area contributed by atoms with Crippen LogP contribution >= 0.6 is 7.60 Å². The summed E-state index contributed by atoms with van der Waals surface area (Å²) in [4.78, 5) is 32.0. The van der Waals surface area contributed by atoms with Crippen molar-refractivity contribution in [3.63, 3.8) is 0 Å². The Bertz CT molecular complexity index is 1430. The number of H-pyrrole nitrogens is 1. The summed E-state index contributed by atoms with van der Waals surface area (Å²) in [6.45, 7) is 2.34. The molecule has 1 heterocycles. The van der Waals surface area contributed by atoms with E-state index in [-0.39, 0.29) is 25.8 Å². The van der Waals surface area contributed by atoms with E-state index in [0.29, 0.717) is 6.61 Å². The third-order valence-corrected chi connectivity index (χ3v) is 8.00. The molecule has 9 nitrogen and oxygen atoms in total. The Morgan fingerprint density at radius 2 is 1.25 bits per heavy atom. The number of aromatic nitrogens is 2. The van der Waals surface area contributed by atoms with E-state index < -0.39 is 31.1 Å². The van der Waals surface area contributed by atoms with Crippen LogP contribution in [0, 0.1) is 0 Å². The lowest BCUT2D eigenvalue weighted by Crippen LogP contribution is -2.43. The molecule has 210 valence electrons. The summed E-state index contributed by atoms with van der Waals surface area (Å²) < 4.78 is 32.8. The Hall–Kier alpha value is -3.75. The van der Waals surface area contributed by atoms with Crippen LogP contribution in [0.15, 0.2) is 113 Å². The highest BCUT2D eigenvalue weighted by Crippen LogP contribution is 2.50. The van der Waals surface area contributed by atoms with Crippen molar-refractivity contribution in [3.8, 4) is 0 Å². The van der Waals surface area contributed by atoms with E-state index in [1.54, 1.807) is 0 Å². The molecule has 2 atom stereocenters. The molecule has 0 aliphatic heterocycles. The number of hydrogen-bond donors (Lipinski definition) is 1. The number of benzene rings is 3. The van der Waals surface area contributed by atoms with E-state index in [2.05, 4.69) is 4.98 Å². The molecule has 0 unspecified atom stereocenters. The first-order valence-electron chi connectivity index (χ1n) is 13.0. The molecular weight excluding hydrogens is 531 g/mol. The number of aromatic amines is 1. The average molecular weight is 565 g/mol. The minimum absolute atomic E-state index is 0.00841. The van der Waals surface area contributed by atoms with E-state index in [4.69, 9.17) is 18.6 Å². The Morgan fingerprint density at radius 3 is 1.75 bits per heavy atom. The fourth-order valence-corrected chi connectivity index (χ4v) is 5.46. The van der Waals surface area contributed by atoms with Crippen LogP contribution in [-0.2, 0) is 38.2 Å². The fourth-order valence-electron chi connectivity index (χ4n) is 3.86. The number of ether oxygens (including phenoxy) is 1. The van der Waals surface area contributed by atoms with Gasteiger partial charge in [0.05, 0.1) is 38.3 Å². The van der Waals surface area contributed by atoms with Crippen molar-refractivity contribution in [2.75, 3.05) is 6.16 Å². The van der Waals surface area contributed by atoms with E-state index >= 15 is 0 Å². The number of nitrogens with zero attached hydrogens (tertiary/aromatic N) is 1. The van der Waals surface area contributed by atoms with Crippen molar-refractivity contribution in [2.24, 2.45) is 0 Å². The Labute approximate surface area is 232 Å². The lowest BCUT2D eigenvalue weighted by molar-refractivity contribution is -0.0802. The van der Waals surface area contributed by atoms with Gasteiger partial charge in [0.15, 0.2) is 6.10 Å². The van der Waals surface area contributed by atoms with Crippen LogP contribution in [0.2, 0.25) is 0 Å². The second-order valence-electron chi connectivity index (χ2n) is 9.22. The molecule has 10 heteroatoms. The van der Waals surface area contributed by atoms with Crippen LogP contribution < -0.4 is 16.1 Å². The van der Waals surface area contributed by atoms with Gasteiger partial charge in [-0.2, -0.15) is 0 Å². The summed E-state index contributed by atoms with van der Waals surface area (Å²) in [5.41, 5.74) is 1.42. The van der Waals surface area contributed by atoms with Gasteiger partial charge < -0.3 is 18.6 Å². The Morgan fingerprint density at radius 1 is 0.750 bits per heavy atom. The van der Waals surface area contributed by atoms with Crippen LogP contribution in [0.4, 0.5) is 0 Å². The van der Waals surface area contributed by atoms with E-state index in [0.717, 1.165) is 21.4 Å². The quantitative estimate of drug-likeness (QED) is 0.203. The molecule has 0 aliphatic rings. The first kappa shape index (κ1) is 29.2. The van der Waals surface area contributed by atoms with Crippen LogP contribution in [-0.4, -0.2) is 28.1 Å². The van der Waals surface area contributed by atoms with E-state index in [9.17, 15) is 14.2 Å². The summed E-state index contributed by atoms with van der Waals surface area (Å²) in [6.07, 6.45) is 0.198. The first-order valence-corrected chi connectivity index (χ1v) is 14.7. The minimum atomic E-state index is -3.63. The molecule has 0 fully saturated rings. The normalized spacial score (nSPS) is 13.0. The Balaban J connectivity index is 1.50. The molecule has 0 bridgehead atoms. The molecule has 0 radical (unpaired) electrons. The van der Waals surface area contributed by atoms with Gasteiger partial charge in [0.25, 0.3) is 5.56 Å². The van der Waals surface area contributed by atoms with Gasteiger partial charge in [-0.3, -0.25) is 14.3 Å². The molecule has 0 saturated heterocycles. The molecule has 40 heavy (non-hydrogen) atoms. The average Bonchev–Trinajstić information content (AvgIpc) is 2.99. The Kier molecular flexibility index (Phi) is 10.7. The smallest absolute Gasteiger partial charge is 0.361 e. The topological polar surface area (TPSA) is 109 Å². The number of nitrogens with one attached hydrogen (secondary N) is 1. The maximum absolute atomic E-state index is 14.0. The lowest BCUT2D eigenvalue weighted by Gasteiger charge is -2.27. The van der Waals surface area contributed by atoms with Gasteiger partial charge in [-0.25, -0.2) is 4.79 Å². The standard InChI is InChI=1S/C30H33N2O7P/c1-24(36-21-25-11-5-2-6-12-25)28(39-32-19-17-29(33)31-30(32)34)18-20-40(35,37-22-26-13-7-3-8-14-26)38-23-27-15-9-4-10-16-27/h2-17,19,24,28H,18,20-23H2,1H3,(H,31,33,34)/t24-,28+/m0/s1. The third kappa shape index (κ3) is 9.17. The summed E-state index contributed by atoms with van der Waals surface area (Å²) in [5, 5.41) is 0. The van der Waals surface area contributed by atoms with Crippen LogP contribution in [0.3, 0.4) is 0 Å². The zero-order chi connectivity index (χ0) is 28.2. The second-order valence-corrected chi connectivity index (χ2v) is 11.4. The van der Waals surface area contributed by atoms with Crippen molar-refractivity contribution in [3.05, 3.63) is 141 Å². The predicted molar refractivity (Wildman–Crippen MR) is 152 cm³/mol. The van der Waals surface area contributed by atoms with E-state index in [1.807, 2.05) is 97.9 Å². The van der Waals surface area contributed by atoms with Crippen LogP contribution in [0.25, 0.3) is 0 Å². The van der Waals surface area contributed by atoms with Gasteiger partial charge in [0, 0.05) is 12.5 Å². The van der Waals surface area contributed by atoms with Gasteiger partial charge in [0.1, 0.15) is 0 Å². The van der Waals surface area contributed by atoms with E-state index in [1.165, 1.54) is 12.3 Å². The summed E-state index contributed by atoms with van der Waals surface area (Å²) in [7, 11) is -3.63. The zero-order valence-electron chi connectivity index (χ0n) is 22.3. The number of rotatable bonds is 15. The highest BCUT2D eigenvalue weighted by molar-refractivity contribution is 7.53. The van der Waals surface area contributed by atoms with Gasteiger partial charge >= 0.3 is 13.3 Å². The molecule has 4 aromatic rings. The SMILES string of the molecule is C[C@H](OCc1ccccc1)[C@@H](CCP(=O)(OCc1ccccc1)OCc1ccccc1)On1ccc(=O)[nH]c1=O. The molecule has 3 aromatic carbocycles. The van der Waals surface area contributed by atoms with Crippen molar-refractivity contribution in [2.45, 2.75) is 45.4 Å². The van der Waals surface area contributed by atoms with Crippen molar-refractivity contribution < 1.29 is 23.2 Å². The summed E-state index contributed by atoms with van der Waals surface area (Å²) in [5.74, 6) is 0. The maximum atomic E-state index is 14.0. The lowest BCUT2D eigenvalue weighted by atomic mass is 10.2. The van der Waals surface area contributed by atoms with Crippen molar-refractivity contribution in [1.82, 2.24) is 9.71 Å². The molecule has 0 aliphatic carbocycles. The first-order chi connectivity index (χ1) is 19.4. The molecule has 0 saturated carbocycles. The molecule has 0 amide bonds. The zero-order valence-corrected chi connectivity index (χ0v) is 23.2. The molecule has 1 aromatic heterocycles. The summed E-state index contributed by atoms with van der Waals surface area (Å²) >= 11 is 0. The maximum Gasteiger partial charge on any atom is 0.361 e. The van der Waals surface area contributed by atoms with Gasteiger partial charge in [-0.1, -0.05) is 91.0 Å².